The van der Waals surface area contributed by atoms with Crippen molar-refractivity contribution in [3.8, 4) is 0 Å². The van der Waals surface area contributed by atoms with Gasteiger partial charge in [0, 0.05) is 56.1 Å². The fraction of sp³-hybridized carbons (Fsp3) is 0.611. The molecular weight excluding hydrogens is 342 g/mol. The van der Waals surface area contributed by atoms with Gasteiger partial charge in [0.05, 0.1) is 4.34 Å². The average Bonchev–Trinajstić information content (AvgIpc) is 2.90. The first-order chi connectivity index (χ1) is 11.5. The highest BCUT2D eigenvalue weighted by Gasteiger charge is 2.42. The van der Waals surface area contributed by atoms with Crippen LogP contribution in [0, 0.1) is 0 Å². The Balaban J connectivity index is 1.70. The van der Waals surface area contributed by atoms with Crippen LogP contribution in [-0.4, -0.2) is 65.9 Å². The Hall–Kier alpha value is -0.880. The Labute approximate surface area is 153 Å². The molecule has 6 heteroatoms. The number of thiophene rings is 1. The van der Waals surface area contributed by atoms with Gasteiger partial charge in [0.1, 0.15) is 0 Å². The molecular formula is C18H26ClN3OS. The number of likely N-dealkylation sites (N-methyl/N-ethyl adjacent to an activating group) is 1. The molecule has 0 bridgehead atoms. The molecule has 0 radical (unpaired) electrons. The Morgan fingerprint density at radius 3 is 2.88 bits per heavy atom. The lowest BCUT2D eigenvalue weighted by Crippen LogP contribution is -2.60. The second kappa shape index (κ2) is 7.56. The first-order valence-electron chi connectivity index (χ1n) is 8.59. The molecule has 3 heterocycles. The highest BCUT2D eigenvalue weighted by Crippen LogP contribution is 2.33. The van der Waals surface area contributed by atoms with Crippen LogP contribution < -0.4 is 0 Å². The summed E-state index contributed by atoms with van der Waals surface area (Å²) in [6, 6.07) is 4.10. The maximum atomic E-state index is 12.3. The molecule has 2 aliphatic heterocycles. The summed E-state index contributed by atoms with van der Waals surface area (Å²) in [5, 5.41) is 0. The summed E-state index contributed by atoms with van der Waals surface area (Å²) in [5.41, 5.74) is 0.102. The SMILES string of the molecule is C=CCN1CCC2(CCC1=O)CN(Cc1ccc(Cl)s1)CCN2C. The third-order valence-electron chi connectivity index (χ3n) is 5.44. The summed E-state index contributed by atoms with van der Waals surface area (Å²) in [6.07, 6.45) is 4.44. The van der Waals surface area contributed by atoms with Crippen LogP contribution in [0.5, 0.6) is 0 Å². The number of amides is 1. The van der Waals surface area contributed by atoms with Gasteiger partial charge in [-0.25, -0.2) is 0 Å². The predicted molar refractivity (Wildman–Crippen MR) is 101 cm³/mol. The Kier molecular flexibility index (Phi) is 5.65. The standard InChI is InChI=1S/C18H26ClN3OS/c1-3-9-22-10-8-18(7-6-17(22)23)14-21(12-11-20(18)2)13-15-4-5-16(19)24-15/h3-5H,1,6-14H2,2H3. The molecule has 0 N–H and O–H groups in total. The van der Waals surface area contributed by atoms with Crippen molar-refractivity contribution >= 4 is 28.8 Å². The van der Waals surface area contributed by atoms with Crippen molar-refractivity contribution in [2.45, 2.75) is 31.3 Å². The second-order valence-electron chi connectivity index (χ2n) is 6.94. The third-order valence-corrected chi connectivity index (χ3v) is 6.66. The second-order valence-corrected chi connectivity index (χ2v) is 8.74. The number of nitrogens with zero attached hydrogens (tertiary/aromatic N) is 3. The molecule has 4 nitrogen and oxygen atoms in total. The molecule has 24 heavy (non-hydrogen) atoms. The normalized spacial score (nSPS) is 26.8. The van der Waals surface area contributed by atoms with E-state index in [1.807, 2.05) is 17.0 Å². The maximum Gasteiger partial charge on any atom is 0.222 e. The fourth-order valence-electron chi connectivity index (χ4n) is 3.92. The summed E-state index contributed by atoms with van der Waals surface area (Å²) in [4.78, 5) is 20.6. The van der Waals surface area contributed by atoms with Gasteiger partial charge in [-0.2, -0.15) is 0 Å². The lowest BCUT2D eigenvalue weighted by molar-refractivity contribution is -0.130. The number of likely N-dealkylation sites (tertiary alicyclic amines) is 1. The van der Waals surface area contributed by atoms with Gasteiger partial charge in [0.2, 0.25) is 5.91 Å². The highest BCUT2D eigenvalue weighted by molar-refractivity contribution is 7.16. The zero-order chi connectivity index (χ0) is 17.2. The minimum atomic E-state index is 0.102. The summed E-state index contributed by atoms with van der Waals surface area (Å²) >= 11 is 7.73. The Bertz CT molecular complexity index is 605. The van der Waals surface area contributed by atoms with E-state index in [4.69, 9.17) is 11.6 Å². The molecule has 3 rings (SSSR count). The van der Waals surface area contributed by atoms with Crippen LogP contribution in [0.4, 0.5) is 0 Å². The Morgan fingerprint density at radius 1 is 1.33 bits per heavy atom. The zero-order valence-corrected chi connectivity index (χ0v) is 15.9. The quantitative estimate of drug-likeness (QED) is 0.765. The number of hydrogen-bond acceptors (Lipinski definition) is 4. The summed E-state index contributed by atoms with van der Waals surface area (Å²) in [7, 11) is 2.22. The van der Waals surface area contributed by atoms with Gasteiger partial charge in [-0.15, -0.1) is 17.9 Å². The lowest BCUT2D eigenvalue weighted by Gasteiger charge is -2.49. The van der Waals surface area contributed by atoms with Crippen molar-refractivity contribution in [1.82, 2.24) is 14.7 Å². The molecule has 0 aromatic carbocycles. The van der Waals surface area contributed by atoms with Crippen molar-refractivity contribution in [1.29, 1.82) is 0 Å². The van der Waals surface area contributed by atoms with E-state index >= 15 is 0 Å². The minimum absolute atomic E-state index is 0.102. The van der Waals surface area contributed by atoms with E-state index in [2.05, 4.69) is 29.5 Å². The average molecular weight is 368 g/mol. The largest absolute Gasteiger partial charge is 0.339 e. The molecule has 1 atom stereocenters. The van der Waals surface area contributed by atoms with Gasteiger partial charge in [-0.05, 0) is 32.0 Å². The summed E-state index contributed by atoms with van der Waals surface area (Å²) in [5.74, 6) is 0.266. The van der Waals surface area contributed by atoms with Gasteiger partial charge in [0.15, 0.2) is 0 Å². The van der Waals surface area contributed by atoms with Gasteiger partial charge >= 0.3 is 0 Å². The van der Waals surface area contributed by atoms with Crippen molar-refractivity contribution in [3.63, 3.8) is 0 Å². The number of hydrogen-bond donors (Lipinski definition) is 0. The van der Waals surface area contributed by atoms with Gasteiger partial charge in [-0.1, -0.05) is 17.7 Å². The summed E-state index contributed by atoms with van der Waals surface area (Å²) < 4.78 is 0.856. The van der Waals surface area contributed by atoms with Gasteiger partial charge in [-0.3, -0.25) is 14.6 Å². The highest BCUT2D eigenvalue weighted by atomic mass is 35.5. The van der Waals surface area contributed by atoms with Crippen LogP contribution >= 0.6 is 22.9 Å². The van der Waals surface area contributed by atoms with Crippen LogP contribution in [0.2, 0.25) is 4.34 Å². The van der Waals surface area contributed by atoms with Crippen LogP contribution in [-0.2, 0) is 11.3 Å². The van der Waals surface area contributed by atoms with E-state index < -0.39 is 0 Å². The third kappa shape index (κ3) is 3.85. The molecule has 2 saturated heterocycles. The van der Waals surface area contributed by atoms with E-state index in [0.717, 1.165) is 49.9 Å². The fourth-order valence-corrected chi connectivity index (χ4v) is 5.05. The maximum absolute atomic E-state index is 12.3. The van der Waals surface area contributed by atoms with Gasteiger partial charge < -0.3 is 4.90 Å². The van der Waals surface area contributed by atoms with Crippen LogP contribution in [0.3, 0.4) is 0 Å². The number of rotatable bonds is 4. The first-order valence-corrected chi connectivity index (χ1v) is 9.78. The molecule has 1 aromatic rings. The van der Waals surface area contributed by atoms with Crippen LogP contribution in [0.1, 0.15) is 24.1 Å². The molecule has 1 unspecified atom stereocenters. The smallest absolute Gasteiger partial charge is 0.222 e. The van der Waals surface area contributed by atoms with E-state index in [0.29, 0.717) is 13.0 Å². The zero-order valence-electron chi connectivity index (χ0n) is 14.3. The van der Waals surface area contributed by atoms with Crippen molar-refractivity contribution < 1.29 is 4.79 Å². The number of carbonyl (C=O) groups excluding carboxylic acids is 1. The van der Waals surface area contributed by atoms with Crippen LogP contribution in [0.25, 0.3) is 0 Å². The number of carbonyl (C=O) groups is 1. The van der Waals surface area contributed by atoms with E-state index in [1.54, 1.807) is 11.3 Å². The molecule has 0 saturated carbocycles. The summed E-state index contributed by atoms with van der Waals surface area (Å²) in [6.45, 7) is 9.36. The topological polar surface area (TPSA) is 26.8 Å². The van der Waals surface area contributed by atoms with Crippen molar-refractivity contribution in [3.05, 3.63) is 34.0 Å². The molecule has 2 fully saturated rings. The molecule has 1 amide bonds. The monoisotopic (exact) mass is 367 g/mol. The minimum Gasteiger partial charge on any atom is -0.339 e. The number of piperazine rings is 1. The molecule has 132 valence electrons. The predicted octanol–water partition coefficient (Wildman–Crippen LogP) is 3.09. The lowest BCUT2D eigenvalue weighted by atomic mass is 9.86. The first kappa shape index (κ1) is 17.9. The van der Waals surface area contributed by atoms with Crippen LogP contribution in [0.15, 0.2) is 24.8 Å². The van der Waals surface area contributed by atoms with Crippen molar-refractivity contribution in [2.75, 3.05) is 39.8 Å². The molecule has 2 aliphatic rings. The van der Waals surface area contributed by atoms with Gasteiger partial charge in [0.25, 0.3) is 0 Å². The Morgan fingerprint density at radius 2 is 2.17 bits per heavy atom. The molecule has 1 aromatic heterocycles. The van der Waals surface area contributed by atoms with E-state index in [9.17, 15) is 4.79 Å². The van der Waals surface area contributed by atoms with Crippen molar-refractivity contribution in [2.24, 2.45) is 0 Å². The number of halogens is 1. The van der Waals surface area contributed by atoms with E-state index in [1.165, 1.54) is 4.88 Å². The molecule has 1 spiro atoms. The molecule has 0 aliphatic carbocycles. The van der Waals surface area contributed by atoms with E-state index in [-0.39, 0.29) is 11.4 Å².